The first-order valence-corrected chi connectivity index (χ1v) is 12.4. The summed E-state index contributed by atoms with van der Waals surface area (Å²) >= 11 is 1.27. The number of aryl methyl sites for hydroxylation is 3. The van der Waals surface area contributed by atoms with Crippen molar-refractivity contribution in [2.75, 3.05) is 11.1 Å². The number of nitrogens with zero attached hydrogens (tertiary/aromatic N) is 2. The average molecular weight is 472 g/mol. The van der Waals surface area contributed by atoms with E-state index in [2.05, 4.69) is 31.3 Å². The highest BCUT2D eigenvalue weighted by atomic mass is 32.2. The number of aromatic nitrogens is 2. The Labute approximate surface area is 204 Å². The predicted molar refractivity (Wildman–Crippen MR) is 141 cm³/mol. The molecule has 0 saturated heterocycles. The second-order valence-corrected chi connectivity index (χ2v) is 9.82. The third-order valence-electron chi connectivity index (χ3n) is 5.82. The van der Waals surface area contributed by atoms with Crippen molar-refractivity contribution in [3.63, 3.8) is 0 Å². The van der Waals surface area contributed by atoms with E-state index < -0.39 is 0 Å². The molecule has 0 saturated carbocycles. The maximum Gasteiger partial charge on any atom is 0.266 e. The van der Waals surface area contributed by atoms with Gasteiger partial charge < -0.3 is 5.32 Å². The first kappa shape index (κ1) is 23.8. The van der Waals surface area contributed by atoms with Crippen molar-refractivity contribution in [2.45, 2.75) is 45.7 Å². The number of thioether (sulfide) groups is 1. The summed E-state index contributed by atoms with van der Waals surface area (Å²) in [5, 5.41) is 4.10. The SMILES string of the molecule is Cc1cc(C)c(NC(=O)CSc2nc3ccccc3c(=O)n2-c2ccccc2C(C)C)c(C)c1. The van der Waals surface area contributed by atoms with Gasteiger partial charge in [-0.15, -0.1) is 0 Å². The number of para-hydroxylation sites is 2. The fraction of sp³-hybridized carbons (Fsp3) is 0.250. The third-order valence-corrected chi connectivity index (χ3v) is 6.76. The summed E-state index contributed by atoms with van der Waals surface area (Å²) in [5.41, 5.74) is 6.41. The molecule has 0 fully saturated rings. The van der Waals surface area contributed by atoms with E-state index in [1.165, 1.54) is 11.8 Å². The number of amides is 1. The van der Waals surface area contributed by atoms with Crippen LogP contribution >= 0.6 is 11.8 Å². The lowest BCUT2D eigenvalue weighted by Crippen LogP contribution is -2.24. The molecular weight excluding hydrogens is 442 g/mol. The van der Waals surface area contributed by atoms with Crippen LogP contribution in [0.5, 0.6) is 0 Å². The molecule has 3 aromatic carbocycles. The largest absolute Gasteiger partial charge is 0.325 e. The summed E-state index contributed by atoms with van der Waals surface area (Å²) in [5.74, 6) is 0.232. The van der Waals surface area contributed by atoms with Crippen molar-refractivity contribution >= 4 is 34.3 Å². The first-order valence-electron chi connectivity index (χ1n) is 11.4. The number of carbonyl (C=O) groups is 1. The van der Waals surface area contributed by atoms with Crippen molar-refractivity contribution < 1.29 is 4.79 Å². The minimum atomic E-state index is -0.133. The normalized spacial score (nSPS) is 11.2. The molecule has 1 aromatic heterocycles. The second-order valence-electron chi connectivity index (χ2n) is 8.88. The van der Waals surface area contributed by atoms with Gasteiger partial charge in [0.05, 0.1) is 22.3 Å². The Hall–Kier alpha value is -3.38. The molecule has 0 aliphatic heterocycles. The quantitative estimate of drug-likeness (QED) is 0.270. The molecule has 174 valence electrons. The standard InChI is InChI=1S/C28H29N3O2S/c1-17(2)21-10-7-9-13-24(21)31-27(33)22-11-6-8-12-23(22)29-28(31)34-16-25(32)30-26-19(4)14-18(3)15-20(26)5/h6-15,17H,16H2,1-5H3,(H,30,32). The molecule has 0 aliphatic rings. The van der Waals surface area contributed by atoms with E-state index >= 15 is 0 Å². The summed E-state index contributed by atoms with van der Waals surface area (Å²) < 4.78 is 1.65. The molecule has 0 spiro atoms. The summed E-state index contributed by atoms with van der Waals surface area (Å²) in [4.78, 5) is 31.3. The zero-order valence-corrected chi connectivity index (χ0v) is 21.0. The van der Waals surface area contributed by atoms with Gasteiger partial charge in [-0.1, -0.05) is 73.6 Å². The monoisotopic (exact) mass is 471 g/mol. The van der Waals surface area contributed by atoms with Gasteiger partial charge in [-0.25, -0.2) is 4.98 Å². The topological polar surface area (TPSA) is 64.0 Å². The van der Waals surface area contributed by atoms with Crippen LogP contribution in [0.4, 0.5) is 5.69 Å². The van der Waals surface area contributed by atoms with Crippen molar-refractivity contribution in [3.8, 4) is 5.69 Å². The number of hydrogen-bond acceptors (Lipinski definition) is 4. The molecule has 0 bridgehead atoms. The van der Waals surface area contributed by atoms with E-state index in [0.717, 1.165) is 33.6 Å². The van der Waals surface area contributed by atoms with Crippen LogP contribution in [0.15, 0.2) is 70.6 Å². The van der Waals surface area contributed by atoms with Crippen molar-refractivity contribution in [3.05, 3.63) is 93.3 Å². The van der Waals surface area contributed by atoms with Crippen LogP contribution < -0.4 is 10.9 Å². The Morgan fingerprint density at radius 2 is 1.65 bits per heavy atom. The van der Waals surface area contributed by atoms with E-state index in [1.54, 1.807) is 10.6 Å². The number of carbonyl (C=O) groups excluding carboxylic acids is 1. The second kappa shape index (κ2) is 9.85. The number of hydrogen-bond donors (Lipinski definition) is 1. The van der Waals surface area contributed by atoms with Gasteiger partial charge in [-0.2, -0.15) is 0 Å². The number of anilines is 1. The molecule has 1 N–H and O–H groups in total. The summed E-state index contributed by atoms with van der Waals surface area (Å²) in [6.07, 6.45) is 0. The molecule has 0 unspecified atom stereocenters. The van der Waals surface area contributed by atoms with Gasteiger partial charge in [0, 0.05) is 5.69 Å². The molecule has 0 aliphatic carbocycles. The minimum absolute atomic E-state index is 0.133. The lowest BCUT2D eigenvalue weighted by atomic mass is 10.0. The Balaban J connectivity index is 1.72. The fourth-order valence-electron chi connectivity index (χ4n) is 4.28. The molecule has 6 heteroatoms. The van der Waals surface area contributed by atoms with Crippen LogP contribution in [0.3, 0.4) is 0 Å². The average Bonchev–Trinajstić information content (AvgIpc) is 2.80. The smallest absolute Gasteiger partial charge is 0.266 e. The van der Waals surface area contributed by atoms with Gasteiger partial charge in [0.2, 0.25) is 5.91 Å². The van der Waals surface area contributed by atoms with Crippen LogP contribution in [0, 0.1) is 20.8 Å². The van der Waals surface area contributed by atoms with Gasteiger partial charge in [-0.05, 0) is 61.6 Å². The van der Waals surface area contributed by atoms with Gasteiger partial charge >= 0.3 is 0 Å². The Bertz CT molecular complexity index is 1420. The molecule has 0 atom stereocenters. The van der Waals surface area contributed by atoms with E-state index in [9.17, 15) is 9.59 Å². The molecule has 34 heavy (non-hydrogen) atoms. The number of benzene rings is 3. The number of nitrogens with one attached hydrogen (secondary N) is 1. The van der Waals surface area contributed by atoms with Crippen LogP contribution in [-0.4, -0.2) is 21.2 Å². The highest BCUT2D eigenvalue weighted by Crippen LogP contribution is 2.28. The van der Waals surface area contributed by atoms with Crippen molar-refractivity contribution in [1.29, 1.82) is 0 Å². The molecular formula is C28H29N3O2S. The Morgan fingerprint density at radius 3 is 2.35 bits per heavy atom. The molecule has 0 radical (unpaired) electrons. The fourth-order valence-corrected chi connectivity index (χ4v) is 5.09. The maximum atomic E-state index is 13.6. The van der Waals surface area contributed by atoms with Gasteiger partial charge in [0.25, 0.3) is 5.56 Å². The van der Waals surface area contributed by atoms with E-state index in [1.807, 2.05) is 63.2 Å². The minimum Gasteiger partial charge on any atom is -0.325 e. The summed E-state index contributed by atoms with van der Waals surface area (Å²) in [6, 6.07) is 19.3. The van der Waals surface area contributed by atoms with Crippen molar-refractivity contribution in [2.24, 2.45) is 0 Å². The van der Waals surface area contributed by atoms with Crippen LogP contribution in [0.25, 0.3) is 16.6 Å². The van der Waals surface area contributed by atoms with Crippen LogP contribution in [0.1, 0.15) is 42.0 Å². The van der Waals surface area contributed by atoms with Crippen LogP contribution in [-0.2, 0) is 4.79 Å². The highest BCUT2D eigenvalue weighted by Gasteiger charge is 2.18. The lowest BCUT2D eigenvalue weighted by molar-refractivity contribution is -0.113. The van der Waals surface area contributed by atoms with E-state index in [0.29, 0.717) is 16.1 Å². The molecule has 1 heterocycles. The van der Waals surface area contributed by atoms with Crippen LogP contribution in [0.2, 0.25) is 0 Å². The van der Waals surface area contributed by atoms with Gasteiger partial charge in [-0.3, -0.25) is 14.2 Å². The summed E-state index contributed by atoms with van der Waals surface area (Å²) in [6.45, 7) is 10.2. The van der Waals surface area contributed by atoms with Gasteiger partial charge in [0.1, 0.15) is 0 Å². The highest BCUT2D eigenvalue weighted by molar-refractivity contribution is 7.99. The van der Waals surface area contributed by atoms with Gasteiger partial charge in [0.15, 0.2) is 5.16 Å². The molecule has 4 aromatic rings. The molecule has 4 rings (SSSR count). The third kappa shape index (κ3) is 4.77. The summed E-state index contributed by atoms with van der Waals surface area (Å²) in [7, 11) is 0. The van der Waals surface area contributed by atoms with E-state index in [4.69, 9.17) is 4.98 Å². The zero-order chi connectivity index (χ0) is 24.4. The maximum absolute atomic E-state index is 13.6. The zero-order valence-electron chi connectivity index (χ0n) is 20.2. The number of fused-ring (bicyclic) bond motifs is 1. The molecule has 5 nitrogen and oxygen atoms in total. The number of rotatable bonds is 6. The predicted octanol–water partition coefficient (Wildman–Crippen LogP) is 6.17. The van der Waals surface area contributed by atoms with E-state index in [-0.39, 0.29) is 23.1 Å². The Morgan fingerprint density at radius 1 is 1.00 bits per heavy atom. The van der Waals surface area contributed by atoms with Crippen molar-refractivity contribution in [1.82, 2.24) is 9.55 Å². The Kier molecular flexibility index (Phi) is 6.89. The molecule has 1 amide bonds. The lowest BCUT2D eigenvalue weighted by Gasteiger charge is -2.18. The first-order chi connectivity index (χ1) is 16.3.